The summed E-state index contributed by atoms with van der Waals surface area (Å²) in [4.78, 5) is 25.0. The minimum Gasteiger partial charge on any atom is -0.481 e. The number of hydrogen-bond donors (Lipinski definition) is 1. The van der Waals surface area contributed by atoms with Crippen LogP contribution < -0.4 is 4.90 Å². The number of anilines is 1. The van der Waals surface area contributed by atoms with E-state index in [1.165, 1.54) is 5.56 Å². The maximum atomic E-state index is 12.3. The molecule has 1 aliphatic heterocycles. The molecule has 0 bridgehead atoms. The van der Waals surface area contributed by atoms with Gasteiger partial charge in [0, 0.05) is 12.2 Å². The fourth-order valence-electron chi connectivity index (χ4n) is 2.90. The van der Waals surface area contributed by atoms with E-state index in [0.29, 0.717) is 5.75 Å². The van der Waals surface area contributed by atoms with Gasteiger partial charge >= 0.3 is 5.97 Å². The van der Waals surface area contributed by atoms with Crippen LogP contribution in [0.15, 0.2) is 24.3 Å². The molecule has 1 heterocycles. The molecule has 112 valence electrons. The van der Waals surface area contributed by atoms with Crippen molar-refractivity contribution in [1.29, 1.82) is 0 Å². The van der Waals surface area contributed by atoms with Crippen LogP contribution in [0.25, 0.3) is 0 Å². The topological polar surface area (TPSA) is 57.6 Å². The maximum Gasteiger partial charge on any atom is 0.303 e. The Morgan fingerprint density at radius 1 is 1.29 bits per heavy atom. The predicted molar refractivity (Wildman–Crippen MR) is 83.7 cm³/mol. The van der Waals surface area contributed by atoms with E-state index in [1.807, 2.05) is 23.1 Å². The summed E-state index contributed by atoms with van der Waals surface area (Å²) in [5.74, 6) is 0.625. The smallest absolute Gasteiger partial charge is 0.303 e. The molecule has 1 aliphatic carbocycles. The average molecular weight is 305 g/mol. The molecule has 1 saturated carbocycles. The zero-order valence-corrected chi connectivity index (χ0v) is 12.7. The van der Waals surface area contributed by atoms with E-state index in [9.17, 15) is 9.59 Å². The number of amides is 1. The van der Waals surface area contributed by atoms with Crippen LogP contribution >= 0.6 is 11.8 Å². The third-order valence-corrected chi connectivity index (χ3v) is 5.57. The molecule has 0 aromatic heterocycles. The lowest BCUT2D eigenvalue weighted by Gasteiger charge is -2.18. The van der Waals surface area contributed by atoms with E-state index in [0.717, 1.165) is 37.2 Å². The maximum absolute atomic E-state index is 12.3. The van der Waals surface area contributed by atoms with E-state index in [2.05, 4.69) is 6.07 Å². The highest BCUT2D eigenvalue weighted by Crippen LogP contribution is 2.51. The zero-order chi connectivity index (χ0) is 14.9. The van der Waals surface area contributed by atoms with Crippen molar-refractivity contribution in [2.45, 2.75) is 25.7 Å². The number of aliphatic carboxylic acids is 1. The lowest BCUT2D eigenvalue weighted by atomic mass is 10.1. The molecule has 21 heavy (non-hydrogen) atoms. The first-order valence-corrected chi connectivity index (χ1v) is 8.43. The summed E-state index contributed by atoms with van der Waals surface area (Å²) in [6.45, 7) is 0.763. The van der Waals surface area contributed by atoms with Gasteiger partial charge in [0.1, 0.15) is 0 Å². The van der Waals surface area contributed by atoms with Crippen LogP contribution in [0.5, 0.6) is 0 Å². The van der Waals surface area contributed by atoms with Crippen LogP contribution in [0.1, 0.15) is 24.8 Å². The summed E-state index contributed by atoms with van der Waals surface area (Å²) < 4.78 is 0. The Bertz CT molecular complexity index is 568. The lowest BCUT2D eigenvalue weighted by Crippen LogP contribution is -2.30. The van der Waals surface area contributed by atoms with Gasteiger partial charge in [-0.25, -0.2) is 0 Å². The van der Waals surface area contributed by atoms with Crippen molar-refractivity contribution >= 4 is 29.3 Å². The molecule has 1 aromatic rings. The summed E-state index contributed by atoms with van der Waals surface area (Å²) in [6.07, 6.45) is 3.12. The molecule has 1 amide bonds. The van der Waals surface area contributed by atoms with Gasteiger partial charge in [-0.3, -0.25) is 9.59 Å². The third kappa shape index (κ3) is 3.23. The monoisotopic (exact) mass is 305 g/mol. The Morgan fingerprint density at radius 2 is 2.05 bits per heavy atom. The van der Waals surface area contributed by atoms with Gasteiger partial charge in [-0.05, 0) is 42.1 Å². The normalized spacial score (nSPS) is 18.4. The molecule has 3 rings (SSSR count). The predicted octanol–water partition coefficient (Wildman–Crippen LogP) is 2.56. The molecule has 1 aromatic carbocycles. The van der Waals surface area contributed by atoms with E-state index < -0.39 is 5.97 Å². The van der Waals surface area contributed by atoms with Crippen LogP contribution in [0, 0.1) is 5.41 Å². The number of benzene rings is 1. The van der Waals surface area contributed by atoms with E-state index in [4.69, 9.17) is 5.11 Å². The minimum atomic E-state index is -0.729. The molecule has 0 radical (unpaired) electrons. The molecule has 0 atom stereocenters. The van der Waals surface area contributed by atoms with Gasteiger partial charge in [-0.15, -0.1) is 0 Å². The van der Waals surface area contributed by atoms with Gasteiger partial charge in [0.2, 0.25) is 5.91 Å². The van der Waals surface area contributed by atoms with E-state index in [1.54, 1.807) is 11.8 Å². The van der Waals surface area contributed by atoms with Crippen molar-refractivity contribution in [1.82, 2.24) is 0 Å². The Balaban J connectivity index is 1.51. The highest BCUT2D eigenvalue weighted by atomic mass is 32.2. The average Bonchev–Trinajstić information content (AvgIpc) is 3.05. The molecule has 2 aliphatic rings. The van der Waals surface area contributed by atoms with Crippen molar-refractivity contribution in [3.05, 3.63) is 29.8 Å². The van der Waals surface area contributed by atoms with Crippen molar-refractivity contribution in [2.24, 2.45) is 5.41 Å². The number of carboxylic acids is 1. The number of rotatable bonds is 6. The summed E-state index contributed by atoms with van der Waals surface area (Å²) in [5, 5.41) is 8.90. The summed E-state index contributed by atoms with van der Waals surface area (Å²) >= 11 is 1.58. The largest absolute Gasteiger partial charge is 0.481 e. The number of carbonyl (C=O) groups is 2. The molecule has 1 fully saturated rings. The number of carbonyl (C=O) groups excluding carboxylic acids is 1. The van der Waals surface area contributed by atoms with Crippen molar-refractivity contribution in [2.75, 3.05) is 23.0 Å². The van der Waals surface area contributed by atoms with Gasteiger partial charge in [0.15, 0.2) is 0 Å². The van der Waals surface area contributed by atoms with E-state index >= 15 is 0 Å². The zero-order valence-electron chi connectivity index (χ0n) is 11.9. The van der Waals surface area contributed by atoms with Crippen molar-refractivity contribution in [3.8, 4) is 0 Å². The lowest BCUT2D eigenvalue weighted by molar-refractivity contribution is -0.138. The summed E-state index contributed by atoms with van der Waals surface area (Å²) in [5.41, 5.74) is 2.23. The second-order valence-corrected chi connectivity index (χ2v) is 6.97. The molecule has 4 nitrogen and oxygen atoms in total. The number of thioether (sulfide) groups is 1. The first-order valence-electron chi connectivity index (χ1n) is 7.27. The fourth-order valence-corrected chi connectivity index (χ4v) is 4.16. The second-order valence-electron chi connectivity index (χ2n) is 5.99. The van der Waals surface area contributed by atoms with Crippen LogP contribution in [0.3, 0.4) is 0 Å². The van der Waals surface area contributed by atoms with E-state index in [-0.39, 0.29) is 17.7 Å². The Morgan fingerprint density at radius 3 is 2.76 bits per heavy atom. The highest BCUT2D eigenvalue weighted by Gasteiger charge is 2.44. The number of para-hydroxylation sites is 1. The minimum absolute atomic E-state index is 0.0420. The summed E-state index contributed by atoms with van der Waals surface area (Å²) in [6, 6.07) is 8.04. The molecular weight excluding hydrogens is 286 g/mol. The van der Waals surface area contributed by atoms with Gasteiger partial charge in [-0.1, -0.05) is 18.2 Å². The molecule has 1 N–H and O–H groups in total. The van der Waals surface area contributed by atoms with Gasteiger partial charge in [0.05, 0.1) is 12.2 Å². The molecule has 5 heteroatoms. The number of carboxylic acid groups (broad SMARTS) is 1. The van der Waals surface area contributed by atoms with Crippen LogP contribution in [0.2, 0.25) is 0 Å². The van der Waals surface area contributed by atoms with Crippen molar-refractivity contribution < 1.29 is 14.7 Å². The van der Waals surface area contributed by atoms with Gasteiger partial charge in [-0.2, -0.15) is 11.8 Å². The van der Waals surface area contributed by atoms with Crippen LogP contribution in [0.4, 0.5) is 5.69 Å². The molecule has 0 spiro atoms. The molecule has 0 saturated heterocycles. The SMILES string of the molecule is O=C(O)CC1(CSCC(=O)N2CCc3ccccc32)CC1. The highest BCUT2D eigenvalue weighted by molar-refractivity contribution is 8.00. The number of nitrogens with zero attached hydrogens (tertiary/aromatic N) is 1. The molecule has 0 unspecified atom stereocenters. The van der Waals surface area contributed by atoms with Gasteiger partial charge in [0.25, 0.3) is 0 Å². The number of hydrogen-bond acceptors (Lipinski definition) is 3. The Hall–Kier alpha value is -1.49. The Kier molecular flexibility index (Phi) is 3.93. The van der Waals surface area contributed by atoms with Crippen LogP contribution in [-0.4, -0.2) is 35.0 Å². The van der Waals surface area contributed by atoms with Crippen molar-refractivity contribution in [3.63, 3.8) is 0 Å². The third-order valence-electron chi connectivity index (χ3n) is 4.31. The standard InChI is InChI=1S/C16H19NO3S/c18-14(10-21-11-16(6-7-16)9-15(19)20)17-8-5-12-3-1-2-4-13(12)17/h1-4H,5-11H2,(H,19,20). The first-order chi connectivity index (χ1) is 10.1. The van der Waals surface area contributed by atoms with Crippen LogP contribution in [-0.2, 0) is 16.0 Å². The number of fused-ring (bicyclic) bond motifs is 1. The fraction of sp³-hybridized carbons (Fsp3) is 0.500. The first kappa shape index (κ1) is 14.4. The quantitative estimate of drug-likeness (QED) is 0.877. The Labute approximate surface area is 128 Å². The molecular formula is C16H19NO3S. The summed E-state index contributed by atoms with van der Waals surface area (Å²) in [7, 11) is 0. The second kappa shape index (κ2) is 5.72. The van der Waals surface area contributed by atoms with Gasteiger partial charge < -0.3 is 10.0 Å².